The molecular formula is C25H30N2O3S. The van der Waals surface area contributed by atoms with Gasteiger partial charge in [-0.2, -0.15) is 0 Å². The largest absolute Gasteiger partial charge is 0.376 e. The quantitative estimate of drug-likeness (QED) is 0.492. The summed E-state index contributed by atoms with van der Waals surface area (Å²) in [7, 11) is 0. The van der Waals surface area contributed by atoms with E-state index in [4.69, 9.17) is 9.72 Å². The van der Waals surface area contributed by atoms with Gasteiger partial charge in [0.05, 0.1) is 29.3 Å². The number of benzene rings is 1. The number of nitrogens with zero attached hydrogens (tertiary/aromatic N) is 2. The van der Waals surface area contributed by atoms with Gasteiger partial charge in [0.1, 0.15) is 5.78 Å². The van der Waals surface area contributed by atoms with E-state index in [0.717, 1.165) is 56.5 Å². The van der Waals surface area contributed by atoms with Gasteiger partial charge in [-0.25, -0.2) is 4.98 Å². The van der Waals surface area contributed by atoms with Gasteiger partial charge in [0.2, 0.25) is 0 Å². The summed E-state index contributed by atoms with van der Waals surface area (Å²) in [6.45, 7) is 1.28. The molecule has 2 aromatic rings. The van der Waals surface area contributed by atoms with Crippen molar-refractivity contribution >= 4 is 28.4 Å². The van der Waals surface area contributed by atoms with Gasteiger partial charge >= 0.3 is 0 Å². The van der Waals surface area contributed by atoms with E-state index in [1.807, 2.05) is 24.3 Å². The van der Waals surface area contributed by atoms with Crippen molar-refractivity contribution in [1.82, 2.24) is 9.55 Å². The van der Waals surface area contributed by atoms with Crippen molar-refractivity contribution in [2.75, 3.05) is 12.4 Å². The fourth-order valence-corrected chi connectivity index (χ4v) is 8.19. The third-order valence-electron chi connectivity index (χ3n) is 8.20. The second-order valence-corrected chi connectivity index (χ2v) is 11.3. The number of rotatable bonds is 6. The smallest absolute Gasteiger partial charge is 0.262 e. The van der Waals surface area contributed by atoms with Crippen molar-refractivity contribution in [2.45, 2.75) is 69.2 Å². The number of Topliss-reactive ketones (excluding diaryl/α,β-unsaturated/α-hetero) is 1. The van der Waals surface area contributed by atoms with Crippen molar-refractivity contribution in [1.29, 1.82) is 0 Å². The molecule has 1 aromatic carbocycles. The van der Waals surface area contributed by atoms with Crippen LogP contribution in [0, 0.1) is 23.2 Å². The number of hydrogen-bond acceptors (Lipinski definition) is 5. The van der Waals surface area contributed by atoms with E-state index >= 15 is 0 Å². The van der Waals surface area contributed by atoms with Crippen LogP contribution in [0.3, 0.4) is 0 Å². The van der Waals surface area contributed by atoms with E-state index < -0.39 is 0 Å². The second-order valence-electron chi connectivity index (χ2n) is 10.4. The normalized spacial score (nSPS) is 33.9. The molecule has 4 saturated carbocycles. The molecule has 31 heavy (non-hydrogen) atoms. The van der Waals surface area contributed by atoms with Gasteiger partial charge in [-0.3, -0.25) is 14.2 Å². The first kappa shape index (κ1) is 20.0. The van der Waals surface area contributed by atoms with Gasteiger partial charge in [-0.05, 0) is 81.3 Å². The van der Waals surface area contributed by atoms with Crippen LogP contribution in [-0.4, -0.2) is 33.8 Å². The van der Waals surface area contributed by atoms with E-state index in [0.29, 0.717) is 34.1 Å². The summed E-state index contributed by atoms with van der Waals surface area (Å²) in [4.78, 5) is 31.6. The standard InChI is InChI=1S/C25H30N2O3S/c28-22(25-11-16-8-17(12-25)10-18(9-16)13-25)15-31-24-26-21-6-2-1-5-20(21)23(29)27(24)14-19-4-3-7-30-19/h1-2,5-6,16-19H,3-4,7-15H2/t16?,17?,18?,19-,25?/m0/s1. The maximum absolute atomic E-state index is 13.5. The lowest BCUT2D eigenvalue weighted by atomic mass is 9.48. The summed E-state index contributed by atoms with van der Waals surface area (Å²) in [5.74, 6) is 3.09. The predicted molar refractivity (Wildman–Crippen MR) is 121 cm³/mol. The Morgan fingerprint density at radius 3 is 2.52 bits per heavy atom. The Bertz CT molecular complexity index is 1040. The first-order chi connectivity index (χ1) is 15.1. The van der Waals surface area contributed by atoms with Crippen molar-refractivity contribution in [2.24, 2.45) is 23.2 Å². The van der Waals surface area contributed by atoms with Gasteiger partial charge in [0.25, 0.3) is 5.56 Å². The average molecular weight is 439 g/mol. The Hall–Kier alpha value is -1.66. The van der Waals surface area contributed by atoms with Crippen molar-refractivity contribution < 1.29 is 9.53 Å². The number of carbonyl (C=O) groups excluding carboxylic acids is 1. The number of carbonyl (C=O) groups is 1. The number of aromatic nitrogens is 2. The Kier molecular flexibility index (Phi) is 4.98. The minimum atomic E-state index is -0.0989. The van der Waals surface area contributed by atoms with E-state index in [1.165, 1.54) is 31.0 Å². The topological polar surface area (TPSA) is 61.2 Å². The molecule has 1 aliphatic heterocycles. The van der Waals surface area contributed by atoms with Crippen LogP contribution in [0.4, 0.5) is 0 Å². The number of thioether (sulfide) groups is 1. The summed E-state index contributed by atoms with van der Waals surface area (Å²) in [6.07, 6.45) is 9.35. The number of para-hydroxylation sites is 1. The summed E-state index contributed by atoms with van der Waals surface area (Å²) in [5, 5.41) is 1.30. The van der Waals surface area contributed by atoms with Crippen molar-refractivity contribution in [3.05, 3.63) is 34.6 Å². The molecule has 4 bridgehead atoms. The fraction of sp³-hybridized carbons (Fsp3) is 0.640. The molecule has 0 unspecified atom stereocenters. The van der Waals surface area contributed by atoms with Gasteiger partial charge in [-0.1, -0.05) is 23.9 Å². The average Bonchev–Trinajstić information content (AvgIpc) is 3.26. The van der Waals surface area contributed by atoms with Crippen molar-refractivity contribution in [3.8, 4) is 0 Å². The van der Waals surface area contributed by atoms with Crippen LogP contribution >= 0.6 is 11.8 Å². The van der Waals surface area contributed by atoms with Crippen LogP contribution in [0.2, 0.25) is 0 Å². The van der Waals surface area contributed by atoms with Crippen LogP contribution in [0.25, 0.3) is 10.9 Å². The first-order valence-electron chi connectivity index (χ1n) is 11.9. The molecule has 164 valence electrons. The molecule has 7 rings (SSSR count). The highest BCUT2D eigenvalue weighted by molar-refractivity contribution is 7.99. The highest BCUT2D eigenvalue weighted by atomic mass is 32.2. The molecule has 0 amide bonds. The number of fused-ring (bicyclic) bond motifs is 1. The summed E-state index contributed by atoms with van der Waals surface area (Å²) >= 11 is 1.46. The molecule has 1 atom stereocenters. The minimum absolute atomic E-state index is 0.0224. The van der Waals surface area contributed by atoms with Crippen LogP contribution in [-0.2, 0) is 16.1 Å². The number of hydrogen-bond donors (Lipinski definition) is 0. The molecule has 6 heteroatoms. The zero-order valence-corrected chi connectivity index (χ0v) is 18.7. The molecule has 0 spiro atoms. The Balaban J connectivity index is 1.27. The lowest BCUT2D eigenvalue weighted by molar-refractivity contribution is -0.141. The van der Waals surface area contributed by atoms with E-state index in [2.05, 4.69) is 0 Å². The van der Waals surface area contributed by atoms with E-state index in [-0.39, 0.29) is 17.1 Å². The SMILES string of the molecule is O=C(CSc1nc2ccccc2c(=O)n1C[C@@H]1CCCO1)C12CC3CC(CC(C3)C1)C2. The highest BCUT2D eigenvalue weighted by Crippen LogP contribution is 2.60. The highest BCUT2D eigenvalue weighted by Gasteiger charge is 2.54. The Morgan fingerprint density at radius 2 is 1.84 bits per heavy atom. The molecule has 5 fully saturated rings. The second kappa shape index (κ2) is 7.73. The van der Waals surface area contributed by atoms with Gasteiger partial charge in [-0.15, -0.1) is 0 Å². The molecule has 2 heterocycles. The molecule has 0 N–H and O–H groups in total. The van der Waals surface area contributed by atoms with Crippen LogP contribution < -0.4 is 5.56 Å². The summed E-state index contributed by atoms with van der Waals surface area (Å²) < 4.78 is 7.57. The lowest BCUT2D eigenvalue weighted by Crippen LogP contribution is -2.50. The van der Waals surface area contributed by atoms with E-state index in [9.17, 15) is 9.59 Å². The van der Waals surface area contributed by atoms with Gasteiger partial charge in [0, 0.05) is 12.0 Å². The molecular weight excluding hydrogens is 408 g/mol. The van der Waals surface area contributed by atoms with Crippen LogP contribution in [0.15, 0.2) is 34.2 Å². The molecule has 1 aromatic heterocycles. The van der Waals surface area contributed by atoms with Gasteiger partial charge < -0.3 is 4.74 Å². The Morgan fingerprint density at radius 1 is 1.13 bits per heavy atom. The summed E-state index contributed by atoms with van der Waals surface area (Å²) in [5.41, 5.74) is 0.588. The van der Waals surface area contributed by atoms with Gasteiger partial charge in [0.15, 0.2) is 5.16 Å². The van der Waals surface area contributed by atoms with E-state index in [1.54, 1.807) is 4.57 Å². The minimum Gasteiger partial charge on any atom is -0.376 e. The zero-order valence-electron chi connectivity index (χ0n) is 17.9. The third kappa shape index (κ3) is 3.56. The lowest BCUT2D eigenvalue weighted by Gasteiger charge is -2.56. The molecule has 1 saturated heterocycles. The number of ether oxygens (including phenoxy) is 1. The van der Waals surface area contributed by atoms with Crippen LogP contribution in [0.5, 0.6) is 0 Å². The maximum atomic E-state index is 13.5. The molecule has 5 nitrogen and oxygen atoms in total. The van der Waals surface area contributed by atoms with Crippen LogP contribution in [0.1, 0.15) is 51.4 Å². The molecule has 0 radical (unpaired) electrons. The predicted octanol–water partition coefficient (Wildman–Crippen LogP) is 4.45. The molecule has 4 aliphatic carbocycles. The molecule has 5 aliphatic rings. The Labute approximate surface area is 187 Å². The first-order valence-corrected chi connectivity index (χ1v) is 12.9. The zero-order chi connectivity index (χ0) is 21.0. The third-order valence-corrected chi connectivity index (χ3v) is 9.18. The van der Waals surface area contributed by atoms with Crippen molar-refractivity contribution in [3.63, 3.8) is 0 Å². The monoisotopic (exact) mass is 438 g/mol. The number of ketones is 1. The fourth-order valence-electron chi connectivity index (χ4n) is 7.15. The maximum Gasteiger partial charge on any atom is 0.262 e. The summed E-state index contributed by atoms with van der Waals surface area (Å²) in [6, 6.07) is 7.52.